The lowest BCUT2D eigenvalue weighted by atomic mass is 9.70. The van der Waals surface area contributed by atoms with Gasteiger partial charge in [0.25, 0.3) is 0 Å². The zero-order valence-electron chi connectivity index (χ0n) is 16.8. The van der Waals surface area contributed by atoms with Gasteiger partial charge in [-0.25, -0.2) is 4.39 Å². The van der Waals surface area contributed by atoms with E-state index in [1.54, 1.807) is 24.3 Å². The number of aromatic hydroxyl groups is 1. The van der Waals surface area contributed by atoms with Crippen molar-refractivity contribution < 1.29 is 19.1 Å². The molecule has 5 rings (SSSR count). The molecule has 2 aliphatic rings. The average molecular weight is 416 g/mol. The van der Waals surface area contributed by atoms with E-state index in [0.29, 0.717) is 16.8 Å². The number of fused-ring (bicyclic) bond motifs is 2. The fourth-order valence-corrected chi connectivity index (χ4v) is 5.15. The van der Waals surface area contributed by atoms with Gasteiger partial charge in [-0.15, -0.1) is 0 Å². The van der Waals surface area contributed by atoms with Crippen molar-refractivity contribution in [3.8, 4) is 5.75 Å². The molecule has 1 saturated heterocycles. The van der Waals surface area contributed by atoms with E-state index >= 15 is 0 Å². The van der Waals surface area contributed by atoms with Crippen molar-refractivity contribution in [2.24, 2.45) is 5.92 Å². The molecule has 0 aliphatic carbocycles. The number of benzene rings is 3. The minimum Gasteiger partial charge on any atom is -0.508 e. The zero-order valence-corrected chi connectivity index (χ0v) is 16.8. The lowest BCUT2D eigenvalue weighted by molar-refractivity contribution is -0.122. The average Bonchev–Trinajstić information content (AvgIpc) is 3.23. The first-order valence-electron chi connectivity index (χ1n) is 10.2. The van der Waals surface area contributed by atoms with E-state index in [1.165, 1.54) is 24.3 Å². The maximum Gasteiger partial charge on any atom is 0.250 e. The summed E-state index contributed by atoms with van der Waals surface area (Å²) in [5.41, 5.74) is 1.50. The molecule has 1 fully saturated rings. The molecular formula is C25H21FN2O3. The van der Waals surface area contributed by atoms with Gasteiger partial charge in [0.15, 0.2) is 5.78 Å². The summed E-state index contributed by atoms with van der Waals surface area (Å²) in [6, 6.07) is 19.2. The Kier molecular flexibility index (Phi) is 4.41. The molecule has 2 heterocycles. The van der Waals surface area contributed by atoms with Crippen LogP contribution in [0.3, 0.4) is 0 Å². The second-order valence-electron chi connectivity index (χ2n) is 8.21. The first-order chi connectivity index (χ1) is 14.9. The van der Waals surface area contributed by atoms with Gasteiger partial charge in [-0.05, 0) is 55.0 Å². The Hall–Kier alpha value is -3.51. The summed E-state index contributed by atoms with van der Waals surface area (Å²) in [4.78, 5) is 27.1. The van der Waals surface area contributed by atoms with Gasteiger partial charge in [0.05, 0.1) is 0 Å². The highest BCUT2D eigenvalue weighted by molar-refractivity contribution is 6.09. The van der Waals surface area contributed by atoms with Crippen LogP contribution in [0.1, 0.15) is 34.3 Å². The molecule has 3 aromatic carbocycles. The zero-order chi connectivity index (χ0) is 21.8. The molecular weight excluding hydrogens is 395 g/mol. The van der Waals surface area contributed by atoms with Crippen molar-refractivity contribution in [3.63, 3.8) is 0 Å². The predicted molar refractivity (Wildman–Crippen MR) is 114 cm³/mol. The summed E-state index contributed by atoms with van der Waals surface area (Å²) in [5.74, 6) is -1.79. The quantitative estimate of drug-likeness (QED) is 0.565. The van der Waals surface area contributed by atoms with Crippen LogP contribution in [0.5, 0.6) is 5.75 Å². The third-order valence-corrected chi connectivity index (χ3v) is 6.46. The molecule has 0 aromatic heterocycles. The number of rotatable bonds is 3. The van der Waals surface area contributed by atoms with Gasteiger partial charge >= 0.3 is 0 Å². The number of carbonyl (C=O) groups is 2. The van der Waals surface area contributed by atoms with Gasteiger partial charge in [0.2, 0.25) is 5.91 Å². The van der Waals surface area contributed by atoms with E-state index in [0.717, 1.165) is 5.56 Å². The molecule has 0 saturated carbocycles. The third-order valence-electron chi connectivity index (χ3n) is 6.46. The van der Waals surface area contributed by atoms with Gasteiger partial charge in [-0.3, -0.25) is 14.9 Å². The first-order valence-corrected chi connectivity index (χ1v) is 10.2. The van der Waals surface area contributed by atoms with Crippen molar-refractivity contribution in [2.45, 2.75) is 24.4 Å². The Morgan fingerprint density at radius 1 is 1.00 bits per heavy atom. The Balaban J connectivity index is 1.70. The number of amides is 1. The molecule has 31 heavy (non-hydrogen) atoms. The molecule has 1 amide bonds. The van der Waals surface area contributed by atoms with Crippen LogP contribution in [0, 0.1) is 11.7 Å². The number of anilines is 1. The monoisotopic (exact) mass is 416 g/mol. The number of hydrogen-bond donors (Lipinski definition) is 3. The Morgan fingerprint density at radius 3 is 2.39 bits per heavy atom. The van der Waals surface area contributed by atoms with E-state index in [4.69, 9.17) is 0 Å². The van der Waals surface area contributed by atoms with Gasteiger partial charge in [0.1, 0.15) is 17.1 Å². The number of nitrogens with one attached hydrogen (secondary N) is 2. The lowest BCUT2D eigenvalue weighted by Crippen LogP contribution is -2.48. The molecule has 156 valence electrons. The number of halogens is 1. The van der Waals surface area contributed by atoms with Crippen molar-refractivity contribution in [1.29, 1.82) is 0 Å². The predicted octanol–water partition coefficient (Wildman–Crippen LogP) is 3.95. The highest BCUT2D eigenvalue weighted by atomic mass is 19.1. The summed E-state index contributed by atoms with van der Waals surface area (Å²) in [7, 11) is 0. The molecule has 5 nitrogen and oxygen atoms in total. The normalized spacial score (nSPS) is 26.6. The molecule has 1 spiro atoms. The summed E-state index contributed by atoms with van der Waals surface area (Å²) in [5, 5.41) is 16.0. The fourth-order valence-electron chi connectivity index (χ4n) is 5.15. The number of hydrogen-bond acceptors (Lipinski definition) is 4. The Bertz CT molecular complexity index is 1180. The van der Waals surface area contributed by atoms with Gasteiger partial charge in [-0.2, -0.15) is 0 Å². The van der Waals surface area contributed by atoms with Crippen LogP contribution in [0.25, 0.3) is 0 Å². The van der Waals surface area contributed by atoms with Crippen LogP contribution in [-0.4, -0.2) is 22.8 Å². The molecule has 0 bridgehead atoms. The van der Waals surface area contributed by atoms with Crippen LogP contribution in [0.4, 0.5) is 10.1 Å². The Labute approximate surface area is 178 Å². The largest absolute Gasteiger partial charge is 0.508 e. The Morgan fingerprint density at radius 2 is 1.68 bits per heavy atom. The van der Waals surface area contributed by atoms with E-state index in [9.17, 15) is 19.1 Å². The minimum absolute atomic E-state index is 0.0739. The molecule has 6 heteroatoms. The van der Waals surface area contributed by atoms with Crippen LogP contribution >= 0.6 is 0 Å². The van der Waals surface area contributed by atoms with Crippen LogP contribution in [0.2, 0.25) is 0 Å². The highest BCUT2D eigenvalue weighted by Crippen LogP contribution is 2.54. The van der Waals surface area contributed by atoms with Gasteiger partial charge < -0.3 is 10.4 Å². The molecule has 3 aromatic rings. The standard InChI is InChI=1S/C25H21FN2O3/c1-14-21(23(30)16-8-12-18(29)13-9-16)22(15-6-10-17(26)11-7-15)25(28-14)19-4-2-3-5-20(19)27-24(25)31/h2-14,21-22,28-29H,1H3,(H,27,31)/t14-,21-,22+,25-/m1/s1. The molecule has 4 atom stereocenters. The lowest BCUT2D eigenvalue weighted by Gasteiger charge is -2.32. The van der Waals surface area contributed by atoms with Crippen LogP contribution in [-0.2, 0) is 10.3 Å². The first kappa shape index (κ1) is 19.5. The van der Waals surface area contributed by atoms with Gasteiger partial charge in [-0.1, -0.05) is 30.3 Å². The number of phenols is 1. The molecule has 0 radical (unpaired) electrons. The summed E-state index contributed by atoms with van der Waals surface area (Å²) in [6.07, 6.45) is 0. The summed E-state index contributed by atoms with van der Waals surface area (Å²) >= 11 is 0. The summed E-state index contributed by atoms with van der Waals surface area (Å²) in [6.45, 7) is 1.89. The van der Waals surface area contributed by atoms with E-state index < -0.39 is 17.4 Å². The number of ketones is 1. The molecule has 0 unspecified atom stereocenters. The summed E-state index contributed by atoms with van der Waals surface area (Å²) < 4.78 is 13.7. The maximum absolute atomic E-state index is 13.7. The van der Waals surface area contributed by atoms with Crippen molar-refractivity contribution in [3.05, 3.63) is 95.3 Å². The fraction of sp³-hybridized carbons (Fsp3) is 0.200. The number of phenolic OH excluding ortho intramolecular Hbond substituents is 1. The van der Waals surface area contributed by atoms with Crippen molar-refractivity contribution >= 4 is 17.4 Å². The van der Waals surface area contributed by atoms with Crippen LogP contribution < -0.4 is 10.6 Å². The van der Waals surface area contributed by atoms with E-state index in [2.05, 4.69) is 10.6 Å². The molecule has 2 aliphatic heterocycles. The SMILES string of the molecule is C[C@H]1N[C@@]2(C(=O)Nc3ccccc32)[C@@H](c2ccc(F)cc2)[C@@H]1C(=O)c1ccc(O)cc1. The smallest absolute Gasteiger partial charge is 0.250 e. The second-order valence-corrected chi connectivity index (χ2v) is 8.21. The van der Waals surface area contributed by atoms with Gasteiger partial charge in [0, 0.05) is 34.7 Å². The minimum atomic E-state index is -1.15. The van der Waals surface area contributed by atoms with E-state index in [-0.39, 0.29) is 29.3 Å². The van der Waals surface area contributed by atoms with Crippen molar-refractivity contribution in [1.82, 2.24) is 5.32 Å². The topological polar surface area (TPSA) is 78.4 Å². The third kappa shape index (κ3) is 2.86. The molecule has 3 N–H and O–H groups in total. The maximum atomic E-state index is 13.7. The van der Waals surface area contributed by atoms with E-state index in [1.807, 2.05) is 31.2 Å². The number of carbonyl (C=O) groups excluding carboxylic acids is 2. The second kappa shape index (κ2) is 7.03. The number of Topliss-reactive ketones (excluding diaryl/α,β-unsaturated/α-hetero) is 1. The number of para-hydroxylation sites is 1. The van der Waals surface area contributed by atoms with Crippen LogP contribution in [0.15, 0.2) is 72.8 Å². The van der Waals surface area contributed by atoms with Crippen molar-refractivity contribution in [2.75, 3.05) is 5.32 Å². The highest BCUT2D eigenvalue weighted by Gasteiger charge is 2.62.